The Kier molecular flexibility index (Phi) is 8.08. The first kappa shape index (κ1) is 30.0. The maximum Gasteiger partial charge on any atom is 0.471 e. The molecule has 2 aliphatic heterocycles. The van der Waals surface area contributed by atoms with Gasteiger partial charge in [0, 0.05) is 31.8 Å². The highest BCUT2D eigenvalue weighted by molar-refractivity contribution is 5.94. The molecule has 6 atom stereocenters. The molecule has 2 saturated carbocycles. The third-order valence-corrected chi connectivity index (χ3v) is 9.20. The van der Waals surface area contributed by atoms with Crippen LogP contribution in [0.25, 0.3) is 0 Å². The molecule has 9 nitrogen and oxygen atoms in total. The summed E-state index contributed by atoms with van der Waals surface area (Å²) in [7, 11) is 0. The highest BCUT2D eigenvalue weighted by Crippen LogP contribution is 2.65. The fourth-order valence-corrected chi connectivity index (χ4v) is 6.74. The van der Waals surface area contributed by atoms with Crippen LogP contribution in [0.4, 0.5) is 22.0 Å². The highest BCUT2D eigenvalue weighted by atomic mass is 19.4. The van der Waals surface area contributed by atoms with Crippen molar-refractivity contribution in [2.24, 2.45) is 29.1 Å². The molecule has 222 valence electrons. The van der Waals surface area contributed by atoms with Crippen LogP contribution in [0.15, 0.2) is 0 Å². The first-order valence-electron chi connectivity index (χ1n) is 13.6. The number of fused-ring (bicyclic) bond motifs is 1. The van der Waals surface area contributed by atoms with Crippen LogP contribution in [0, 0.1) is 40.4 Å². The molecule has 14 heteroatoms. The summed E-state index contributed by atoms with van der Waals surface area (Å²) in [4.78, 5) is 52.4. The van der Waals surface area contributed by atoms with Gasteiger partial charge in [0.1, 0.15) is 18.1 Å². The molecule has 2 saturated heterocycles. The molecule has 4 amide bonds. The van der Waals surface area contributed by atoms with Gasteiger partial charge in [-0.2, -0.15) is 18.4 Å². The van der Waals surface area contributed by atoms with E-state index in [9.17, 15) is 46.4 Å². The minimum absolute atomic E-state index is 0.0398. The summed E-state index contributed by atoms with van der Waals surface area (Å²) in [5, 5.41) is 16.7. The molecular weight excluding hydrogens is 541 g/mol. The molecular formula is C26H34F5N5O4. The second-order valence-electron chi connectivity index (χ2n) is 12.1. The van der Waals surface area contributed by atoms with Gasteiger partial charge in [-0.1, -0.05) is 13.8 Å². The van der Waals surface area contributed by atoms with E-state index in [1.54, 1.807) is 5.32 Å². The normalized spacial score (nSPS) is 30.8. The van der Waals surface area contributed by atoms with Crippen LogP contribution in [-0.2, 0) is 19.2 Å². The smallest absolute Gasteiger partial charge is 0.356 e. The van der Waals surface area contributed by atoms with E-state index in [1.165, 1.54) is 0 Å². The fourth-order valence-electron chi connectivity index (χ4n) is 6.74. The van der Waals surface area contributed by atoms with Gasteiger partial charge in [0.2, 0.25) is 23.6 Å². The lowest BCUT2D eigenvalue weighted by atomic mass is 9.81. The largest absolute Gasteiger partial charge is 0.471 e. The number of hydrogen-bond donors (Lipinski definition) is 3. The van der Waals surface area contributed by atoms with E-state index >= 15 is 0 Å². The quantitative estimate of drug-likeness (QED) is 0.401. The standard InChI is InChI=1S/C26H34F5N5O4/c1-24(2)16-12-36(19(17(16)24)21(38)34-15(11-32)10-14-4-3-9-33-20(14)37)22(39)18(35-23(40)26(29,30)31)13-5-7-25(27,28)8-6-13/h13-19H,3-10,12H2,1-2H3,(H,33,37)(H,34,38)(H,35,40)/t14-,15-,16?,17+,18-,19?/m0/s1. The summed E-state index contributed by atoms with van der Waals surface area (Å²) in [6.07, 6.45) is -5.78. The Morgan fingerprint density at radius 3 is 2.38 bits per heavy atom. The van der Waals surface area contributed by atoms with Gasteiger partial charge in [-0.05, 0) is 55.3 Å². The van der Waals surface area contributed by atoms with E-state index in [-0.39, 0.29) is 49.0 Å². The summed E-state index contributed by atoms with van der Waals surface area (Å²) in [5.41, 5.74) is -0.359. The number of hydrogen-bond acceptors (Lipinski definition) is 5. The van der Waals surface area contributed by atoms with Gasteiger partial charge < -0.3 is 20.9 Å². The summed E-state index contributed by atoms with van der Waals surface area (Å²) >= 11 is 0. The van der Waals surface area contributed by atoms with Crippen molar-refractivity contribution in [1.29, 1.82) is 5.26 Å². The second kappa shape index (κ2) is 10.8. The molecule has 2 heterocycles. The second-order valence-corrected chi connectivity index (χ2v) is 12.1. The Morgan fingerprint density at radius 1 is 1.15 bits per heavy atom. The number of amides is 4. The maximum atomic E-state index is 13.8. The minimum atomic E-state index is -5.30. The molecule has 4 rings (SSSR count). The van der Waals surface area contributed by atoms with Crippen LogP contribution in [0.1, 0.15) is 58.8 Å². The molecule has 0 aromatic heterocycles. The van der Waals surface area contributed by atoms with Gasteiger partial charge in [0.05, 0.1) is 6.07 Å². The maximum absolute atomic E-state index is 13.8. The molecule has 0 bridgehead atoms. The molecule has 4 fully saturated rings. The number of alkyl halides is 5. The van der Waals surface area contributed by atoms with Crippen LogP contribution >= 0.6 is 0 Å². The average Bonchev–Trinajstić information content (AvgIpc) is 3.20. The number of rotatable bonds is 7. The van der Waals surface area contributed by atoms with Gasteiger partial charge in [-0.3, -0.25) is 19.2 Å². The van der Waals surface area contributed by atoms with E-state index in [4.69, 9.17) is 0 Å². The van der Waals surface area contributed by atoms with Crippen molar-refractivity contribution in [2.45, 2.75) is 89.0 Å². The summed E-state index contributed by atoms with van der Waals surface area (Å²) in [6.45, 7) is 4.36. The zero-order valence-corrected chi connectivity index (χ0v) is 22.3. The Labute approximate surface area is 228 Å². The molecule has 2 unspecified atom stereocenters. The van der Waals surface area contributed by atoms with E-state index in [0.717, 1.165) is 11.3 Å². The van der Waals surface area contributed by atoms with Gasteiger partial charge in [0.25, 0.3) is 0 Å². The first-order valence-corrected chi connectivity index (χ1v) is 13.6. The number of carbonyl (C=O) groups excluding carboxylic acids is 4. The molecule has 2 aliphatic carbocycles. The summed E-state index contributed by atoms with van der Waals surface area (Å²) in [5.74, 6) is -9.13. The SMILES string of the molecule is CC1(C)C2CN(C(=O)[C@@H](NC(=O)C(F)(F)F)C3CCC(F)(F)CC3)C(C(=O)N[C@H](C#N)C[C@@H]3CCCNC3=O)[C@@H]21. The van der Waals surface area contributed by atoms with Gasteiger partial charge >= 0.3 is 12.1 Å². The average molecular weight is 576 g/mol. The third kappa shape index (κ3) is 6.02. The van der Waals surface area contributed by atoms with Crippen molar-refractivity contribution in [3.8, 4) is 6.07 Å². The Hall–Kier alpha value is -2.98. The molecule has 0 aromatic carbocycles. The van der Waals surface area contributed by atoms with Crippen LogP contribution in [0.2, 0.25) is 0 Å². The number of halogens is 5. The highest BCUT2D eigenvalue weighted by Gasteiger charge is 2.70. The Morgan fingerprint density at radius 2 is 1.80 bits per heavy atom. The predicted octanol–water partition coefficient (Wildman–Crippen LogP) is 2.27. The van der Waals surface area contributed by atoms with Gasteiger partial charge in [-0.25, -0.2) is 8.78 Å². The van der Waals surface area contributed by atoms with Crippen molar-refractivity contribution < 1.29 is 41.1 Å². The van der Waals surface area contributed by atoms with Crippen LogP contribution in [0.3, 0.4) is 0 Å². The number of nitrogens with zero attached hydrogens (tertiary/aromatic N) is 2. The number of nitriles is 1. The molecule has 3 N–H and O–H groups in total. The zero-order valence-electron chi connectivity index (χ0n) is 22.3. The molecule has 0 radical (unpaired) electrons. The number of piperidine rings is 2. The lowest BCUT2D eigenvalue weighted by Crippen LogP contribution is -2.60. The first-order chi connectivity index (χ1) is 18.6. The van der Waals surface area contributed by atoms with Gasteiger partial charge in [-0.15, -0.1) is 0 Å². The Bertz CT molecular complexity index is 1080. The molecule has 40 heavy (non-hydrogen) atoms. The lowest BCUT2D eigenvalue weighted by Gasteiger charge is -2.38. The van der Waals surface area contributed by atoms with E-state index in [0.29, 0.717) is 13.0 Å². The summed E-state index contributed by atoms with van der Waals surface area (Å²) in [6, 6.07) is -1.93. The van der Waals surface area contributed by atoms with Crippen LogP contribution in [0.5, 0.6) is 0 Å². The topological polar surface area (TPSA) is 131 Å². The van der Waals surface area contributed by atoms with Crippen molar-refractivity contribution >= 4 is 23.6 Å². The van der Waals surface area contributed by atoms with Crippen molar-refractivity contribution in [2.75, 3.05) is 13.1 Å². The van der Waals surface area contributed by atoms with E-state index in [2.05, 4.69) is 10.6 Å². The van der Waals surface area contributed by atoms with Crippen LogP contribution < -0.4 is 16.0 Å². The van der Waals surface area contributed by atoms with E-state index < -0.39 is 72.6 Å². The monoisotopic (exact) mass is 575 g/mol. The van der Waals surface area contributed by atoms with Crippen molar-refractivity contribution in [1.82, 2.24) is 20.9 Å². The zero-order chi connectivity index (χ0) is 29.6. The van der Waals surface area contributed by atoms with Crippen LogP contribution in [-0.4, -0.2) is 71.8 Å². The molecule has 0 aromatic rings. The van der Waals surface area contributed by atoms with Crippen molar-refractivity contribution in [3.05, 3.63) is 0 Å². The predicted molar refractivity (Wildman–Crippen MR) is 129 cm³/mol. The molecule has 0 spiro atoms. The summed E-state index contributed by atoms with van der Waals surface area (Å²) < 4.78 is 67.0. The molecule has 4 aliphatic rings. The third-order valence-electron chi connectivity index (χ3n) is 9.20. The number of nitrogens with one attached hydrogen (secondary N) is 3. The number of carbonyl (C=O) groups is 4. The lowest BCUT2D eigenvalue weighted by molar-refractivity contribution is -0.176. The van der Waals surface area contributed by atoms with E-state index in [1.807, 2.05) is 19.9 Å². The fraction of sp³-hybridized carbons (Fsp3) is 0.808. The minimum Gasteiger partial charge on any atom is -0.356 e. The Balaban J connectivity index is 1.54. The van der Waals surface area contributed by atoms with Gasteiger partial charge in [0.15, 0.2) is 0 Å². The number of likely N-dealkylation sites (tertiary alicyclic amines) is 1. The van der Waals surface area contributed by atoms with Crippen molar-refractivity contribution in [3.63, 3.8) is 0 Å².